The van der Waals surface area contributed by atoms with Crippen molar-refractivity contribution in [2.75, 3.05) is 6.61 Å². The molecule has 1 amide bonds. The molecule has 3 atom stereocenters. The first kappa shape index (κ1) is 60.8. The van der Waals surface area contributed by atoms with E-state index >= 15 is 0 Å². The monoisotopic (exact) mass is 890 g/mol. The first-order valence-corrected chi connectivity index (χ1v) is 26.5. The van der Waals surface area contributed by atoms with Crippen LogP contribution in [0.3, 0.4) is 0 Å². The molecule has 0 rings (SSSR count). The molecule has 3 N–H and O–H groups in total. The van der Waals surface area contributed by atoms with Crippen molar-refractivity contribution in [3.8, 4) is 0 Å². The summed E-state index contributed by atoms with van der Waals surface area (Å²) in [7, 11) is 0. The lowest BCUT2D eigenvalue weighted by Gasteiger charge is -2.24. The molecule has 0 aliphatic heterocycles. The number of hydrogen-bond acceptors (Lipinski definition) is 5. The first-order chi connectivity index (χ1) is 31.5. The Bertz CT molecular complexity index is 1270. The van der Waals surface area contributed by atoms with Gasteiger partial charge in [0.2, 0.25) is 5.91 Å². The van der Waals surface area contributed by atoms with Crippen molar-refractivity contribution in [3.63, 3.8) is 0 Å². The lowest BCUT2D eigenvalue weighted by atomic mass is 10.0. The van der Waals surface area contributed by atoms with E-state index in [1.54, 1.807) is 0 Å². The number of aliphatic hydroxyl groups is 2. The number of unbranched alkanes of at least 4 members (excludes halogenated alkanes) is 20. The molecular weight excluding hydrogens is 791 g/mol. The van der Waals surface area contributed by atoms with Crippen molar-refractivity contribution in [2.24, 2.45) is 0 Å². The van der Waals surface area contributed by atoms with Crippen LogP contribution in [0.5, 0.6) is 0 Å². The zero-order chi connectivity index (χ0) is 46.7. The number of amides is 1. The van der Waals surface area contributed by atoms with E-state index in [0.717, 1.165) is 109 Å². The standard InChI is InChI=1S/C58H99NO5/c1-4-7-10-13-16-19-22-24-26-27-28-29-31-33-36-39-42-45-48-51-58(63)64-54(49-46-43-40-37-34-21-18-15-12-9-6-3)52-57(62)59-55(53-60)56(61)50-47-44-41-38-35-32-30-25-23-20-17-14-11-8-5-2/h7,9-10,12,15-16,18-19,21,24,26,28-29,33-34,36,54-56,60-61H,4-6,8,11,13-14,17,20,22-23,25,27,30-32,35,37-53H2,1-3H3,(H,59,62)/b10-7-,12-9+,18-15+,19-16-,26-24-,29-28-,34-21-,36-33-. The van der Waals surface area contributed by atoms with E-state index in [1.807, 2.05) is 12.2 Å². The normalized spacial score (nSPS) is 14.0. The van der Waals surface area contributed by atoms with E-state index in [2.05, 4.69) is 111 Å². The summed E-state index contributed by atoms with van der Waals surface area (Å²) >= 11 is 0. The Morgan fingerprint density at radius 3 is 1.45 bits per heavy atom. The summed E-state index contributed by atoms with van der Waals surface area (Å²) in [6, 6.07) is -0.725. The molecule has 0 fully saturated rings. The van der Waals surface area contributed by atoms with Crippen molar-refractivity contribution in [3.05, 3.63) is 97.2 Å². The number of carbonyl (C=O) groups is 2. The second-order valence-electron chi connectivity index (χ2n) is 17.6. The second kappa shape index (κ2) is 50.8. The third kappa shape index (κ3) is 45.4. The van der Waals surface area contributed by atoms with E-state index in [-0.39, 0.29) is 24.9 Å². The Hall–Kier alpha value is -3.22. The van der Waals surface area contributed by atoms with Crippen LogP contribution in [0.25, 0.3) is 0 Å². The van der Waals surface area contributed by atoms with Crippen LogP contribution < -0.4 is 5.32 Å². The fraction of sp³-hybridized carbons (Fsp3) is 0.690. The Labute approximate surface area is 395 Å². The molecule has 0 radical (unpaired) electrons. The van der Waals surface area contributed by atoms with Crippen LogP contribution in [-0.2, 0) is 14.3 Å². The van der Waals surface area contributed by atoms with Crippen LogP contribution in [0.1, 0.15) is 233 Å². The van der Waals surface area contributed by atoms with Crippen LogP contribution in [0.15, 0.2) is 97.2 Å². The third-order valence-electron chi connectivity index (χ3n) is 11.5. The number of aliphatic hydroxyl groups excluding tert-OH is 2. The van der Waals surface area contributed by atoms with Crippen molar-refractivity contribution in [1.29, 1.82) is 0 Å². The number of carbonyl (C=O) groups excluding carboxylic acids is 2. The second-order valence-corrected chi connectivity index (χ2v) is 17.6. The average Bonchev–Trinajstić information content (AvgIpc) is 3.29. The Morgan fingerprint density at radius 1 is 0.484 bits per heavy atom. The number of ether oxygens (including phenoxy) is 1. The highest BCUT2D eigenvalue weighted by Gasteiger charge is 2.24. The van der Waals surface area contributed by atoms with Crippen LogP contribution in [0.2, 0.25) is 0 Å². The van der Waals surface area contributed by atoms with E-state index in [4.69, 9.17) is 4.74 Å². The number of hydrogen-bond donors (Lipinski definition) is 3. The number of nitrogens with one attached hydrogen (secondary N) is 1. The first-order valence-electron chi connectivity index (χ1n) is 26.5. The van der Waals surface area contributed by atoms with Gasteiger partial charge in [0.25, 0.3) is 0 Å². The lowest BCUT2D eigenvalue weighted by molar-refractivity contribution is -0.151. The van der Waals surface area contributed by atoms with Crippen LogP contribution in [0.4, 0.5) is 0 Å². The van der Waals surface area contributed by atoms with Crippen LogP contribution >= 0.6 is 0 Å². The zero-order valence-corrected chi connectivity index (χ0v) is 41.6. The third-order valence-corrected chi connectivity index (χ3v) is 11.5. The minimum Gasteiger partial charge on any atom is -0.462 e. The van der Waals surface area contributed by atoms with Gasteiger partial charge in [-0.05, 0) is 89.9 Å². The average molecular weight is 890 g/mol. The fourth-order valence-electron chi connectivity index (χ4n) is 7.52. The predicted molar refractivity (Wildman–Crippen MR) is 277 cm³/mol. The molecule has 0 heterocycles. The van der Waals surface area contributed by atoms with Gasteiger partial charge in [-0.25, -0.2) is 0 Å². The summed E-state index contributed by atoms with van der Waals surface area (Å²) < 4.78 is 5.90. The van der Waals surface area contributed by atoms with Gasteiger partial charge in [0.1, 0.15) is 6.10 Å². The van der Waals surface area contributed by atoms with Gasteiger partial charge in [-0.3, -0.25) is 9.59 Å². The van der Waals surface area contributed by atoms with E-state index < -0.39 is 18.2 Å². The van der Waals surface area contributed by atoms with Gasteiger partial charge >= 0.3 is 5.97 Å². The van der Waals surface area contributed by atoms with E-state index in [9.17, 15) is 19.8 Å². The molecular formula is C58H99NO5. The summed E-state index contributed by atoms with van der Waals surface area (Å²) in [6.45, 7) is 6.22. The van der Waals surface area contributed by atoms with Gasteiger partial charge in [0.05, 0.1) is 25.2 Å². The maximum Gasteiger partial charge on any atom is 0.306 e. The quantitative estimate of drug-likeness (QED) is 0.0245. The Kier molecular flexibility index (Phi) is 48.2. The van der Waals surface area contributed by atoms with Gasteiger partial charge in [0.15, 0.2) is 0 Å². The van der Waals surface area contributed by atoms with Gasteiger partial charge < -0.3 is 20.3 Å². The molecule has 0 aromatic carbocycles. The highest BCUT2D eigenvalue weighted by molar-refractivity contribution is 5.77. The summed E-state index contributed by atoms with van der Waals surface area (Å²) in [5.74, 6) is -0.553. The predicted octanol–water partition coefficient (Wildman–Crippen LogP) is 16.1. The molecule has 0 aromatic rings. The minimum atomic E-state index is -0.808. The van der Waals surface area contributed by atoms with Gasteiger partial charge in [-0.1, -0.05) is 227 Å². The summed E-state index contributed by atoms with van der Waals surface area (Å²) in [4.78, 5) is 26.1. The van der Waals surface area contributed by atoms with Crippen molar-refractivity contribution in [2.45, 2.75) is 251 Å². The highest BCUT2D eigenvalue weighted by atomic mass is 16.5. The highest BCUT2D eigenvalue weighted by Crippen LogP contribution is 2.17. The molecule has 0 aliphatic carbocycles. The molecule has 366 valence electrons. The van der Waals surface area contributed by atoms with Gasteiger partial charge in [-0.15, -0.1) is 0 Å². The lowest BCUT2D eigenvalue weighted by Crippen LogP contribution is -2.46. The Morgan fingerprint density at radius 2 is 0.922 bits per heavy atom. The van der Waals surface area contributed by atoms with Gasteiger partial charge in [0, 0.05) is 6.42 Å². The number of rotatable bonds is 46. The van der Waals surface area contributed by atoms with Crippen molar-refractivity contribution >= 4 is 11.9 Å². The van der Waals surface area contributed by atoms with Gasteiger partial charge in [-0.2, -0.15) is 0 Å². The molecule has 6 nitrogen and oxygen atoms in total. The summed E-state index contributed by atoms with van der Waals surface area (Å²) in [5.41, 5.74) is 0. The molecule has 6 heteroatoms. The minimum absolute atomic E-state index is 0.0357. The largest absolute Gasteiger partial charge is 0.462 e. The SMILES string of the molecule is CC/C=C\C/C=C\C/C=C\C/C=C\C/C=C\CCCCCC(=O)OC(CCCCC\C=C/C=C/C=C/CC)CC(=O)NC(CO)C(O)CCCCCCCCCCCCCCCCC. The van der Waals surface area contributed by atoms with Crippen LogP contribution in [0, 0.1) is 0 Å². The molecule has 0 saturated carbocycles. The topological polar surface area (TPSA) is 95.9 Å². The van der Waals surface area contributed by atoms with Crippen molar-refractivity contribution < 1.29 is 24.5 Å². The molecule has 0 aliphatic rings. The fourth-order valence-corrected chi connectivity index (χ4v) is 7.52. The maximum absolute atomic E-state index is 13.2. The molecule has 0 saturated heterocycles. The molecule has 0 bridgehead atoms. The van der Waals surface area contributed by atoms with E-state index in [0.29, 0.717) is 19.3 Å². The smallest absolute Gasteiger partial charge is 0.306 e. The molecule has 64 heavy (non-hydrogen) atoms. The van der Waals surface area contributed by atoms with Crippen molar-refractivity contribution in [1.82, 2.24) is 5.32 Å². The number of esters is 1. The molecule has 0 aromatic heterocycles. The summed E-state index contributed by atoms with van der Waals surface area (Å²) in [6.07, 6.45) is 67.6. The Balaban J connectivity index is 4.60. The number of allylic oxidation sites excluding steroid dienone is 16. The zero-order valence-electron chi connectivity index (χ0n) is 41.6. The molecule has 3 unspecified atom stereocenters. The molecule has 0 spiro atoms. The van der Waals surface area contributed by atoms with E-state index in [1.165, 1.54) is 77.0 Å². The summed E-state index contributed by atoms with van der Waals surface area (Å²) in [5, 5.41) is 23.8. The maximum atomic E-state index is 13.2. The van der Waals surface area contributed by atoms with Crippen LogP contribution in [-0.4, -0.2) is 46.9 Å².